The minimum absolute atomic E-state index is 0.562. The van der Waals surface area contributed by atoms with E-state index < -0.39 is 0 Å². The molecule has 0 aliphatic carbocycles. The highest BCUT2D eigenvalue weighted by molar-refractivity contribution is 7.99. The van der Waals surface area contributed by atoms with Crippen molar-refractivity contribution in [3.8, 4) is 0 Å². The first-order valence-corrected chi connectivity index (χ1v) is 5.45. The van der Waals surface area contributed by atoms with Gasteiger partial charge in [0.15, 0.2) is 5.16 Å². The van der Waals surface area contributed by atoms with Crippen molar-refractivity contribution in [2.45, 2.75) is 31.8 Å². The molecule has 0 aliphatic heterocycles. The van der Waals surface area contributed by atoms with E-state index in [2.05, 4.69) is 16.9 Å². The van der Waals surface area contributed by atoms with Crippen LogP contribution in [0.4, 0.5) is 5.82 Å². The highest BCUT2D eigenvalue weighted by Crippen LogP contribution is 2.16. The van der Waals surface area contributed by atoms with Crippen LogP contribution in [-0.4, -0.2) is 15.7 Å². The molecule has 72 valence electrons. The Morgan fingerprint density at radius 2 is 2.23 bits per heavy atom. The lowest BCUT2D eigenvalue weighted by molar-refractivity contribution is 0.885. The quantitative estimate of drug-likeness (QED) is 0.457. The Bertz CT molecular complexity index is 255. The molecule has 0 atom stereocenters. The van der Waals surface area contributed by atoms with Gasteiger partial charge in [0.05, 0.1) is 0 Å². The molecule has 0 aliphatic rings. The van der Waals surface area contributed by atoms with E-state index in [0.29, 0.717) is 5.82 Å². The molecule has 0 radical (unpaired) electrons. The number of unbranched alkanes of at least 4 members (excludes halogenated alkanes) is 1. The van der Waals surface area contributed by atoms with Gasteiger partial charge in [-0.1, -0.05) is 25.1 Å². The number of nitrogens with zero attached hydrogens (tertiary/aromatic N) is 2. The van der Waals surface area contributed by atoms with Crippen LogP contribution in [0, 0.1) is 6.92 Å². The maximum atomic E-state index is 5.60. The van der Waals surface area contributed by atoms with E-state index in [9.17, 15) is 0 Å². The minimum Gasteiger partial charge on any atom is -0.384 e. The molecule has 1 aromatic rings. The van der Waals surface area contributed by atoms with Gasteiger partial charge in [0.2, 0.25) is 0 Å². The third-order valence-corrected chi connectivity index (χ3v) is 2.52. The highest BCUT2D eigenvalue weighted by atomic mass is 32.2. The molecule has 0 bridgehead atoms. The van der Waals surface area contributed by atoms with Crippen LogP contribution in [0.1, 0.15) is 25.5 Å². The number of rotatable bonds is 4. The summed E-state index contributed by atoms with van der Waals surface area (Å²) in [5.74, 6) is 1.63. The Balaban J connectivity index is 2.56. The predicted octanol–water partition coefficient (Wildman–Crippen LogP) is 2.26. The monoisotopic (exact) mass is 197 g/mol. The van der Waals surface area contributed by atoms with Gasteiger partial charge in [0, 0.05) is 17.5 Å². The van der Waals surface area contributed by atoms with E-state index in [-0.39, 0.29) is 0 Å². The van der Waals surface area contributed by atoms with Gasteiger partial charge in [-0.3, -0.25) is 0 Å². The maximum Gasteiger partial charge on any atom is 0.189 e. The number of thioether (sulfide) groups is 1. The molecule has 1 heterocycles. The second-order valence-corrected chi connectivity index (χ2v) is 3.98. The molecule has 0 aromatic carbocycles. The van der Waals surface area contributed by atoms with Crippen molar-refractivity contribution in [3.63, 3.8) is 0 Å². The van der Waals surface area contributed by atoms with Gasteiger partial charge in [-0.25, -0.2) is 9.97 Å². The fourth-order valence-corrected chi connectivity index (χ4v) is 1.93. The average Bonchev–Trinajstić information content (AvgIpc) is 2.03. The Labute approximate surface area is 83.2 Å². The van der Waals surface area contributed by atoms with Crippen LogP contribution in [0.25, 0.3) is 0 Å². The third kappa shape index (κ3) is 3.63. The Morgan fingerprint density at radius 1 is 1.46 bits per heavy atom. The maximum absolute atomic E-state index is 5.60. The molecular weight excluding hydrogens is 182 g/mol. The zero-order chi connectivity index (χ0) is 9.68. The van der Waals surface area contributed by atoms with Crippen LogP contribution in [0.5, 0.6) is 0 Å². The largest absolute Gasteiger partial charge is 0.384 e. The zero-order valence-corrected chi connectivity index (χ0v) is 8.90. The molecule has 0 unspecified atom stereocenters. The lowest BCUT2D eigenvalue weighted by Gasteiger charge is -2.01. The fraction of sp³-hybridized carbons (Fsp3) is 0.556. The molecule has 0 fully saturated rings. The Hall–Kier alpha value is -0.770. The molecule has 13 heavy (non-hydrogen) atoms. The van der Waals surface area contributed by atoms with Crippen molar-refractivity contribution < 1.29 is 0 Å². The minimum atomic E-state index is 0.562. The molecule has 1 aromatic heterocycles. The summed E-state index contributed by atoms with van der Waals surface area (Å²) >= 11 is 1.67. The third-order valence-electron chi connectivity index (χ3n) is 1.58. The van der Waals surface area contributed by atoms with Crippen molar-refractivity contribution in [2.75, 3.05) is 11.5 Å². The number of nitrogens with two attached hydrogens (primary N) is 1. The average molecular weight is 197 g/mol. The molecule has 0 amide bonds. The van der Waals surface area contributed by atoms with Crippen LogP contribution >= 0.6 is 11.8 Å². The van der Waals surface area contributed by atoms with Gasteiger partial charge in [-0.05, 0) is 13.3 Å². The summed E-state index contributed by atoms with van der Waals surface area (Å²) in [6.07, 6.45) is 2.40. The lowest BCUT2D eigenvalue weighted by atomic mass is 10.4. The lowest BCUT2D eigenvalue weighted by Crippen LogP contribution is -1.96. The second kappa shape index (κ2) is 5.07. The summed E-state index contributed by atoms with van der Waals surface area (Å²) in [5, 5.41) is 0.797. The second-order valence-electron chi connectivity index (χ2n) is 2.92. The van der Waals surface area contributed by atoms with Crippen molar-refractivity contribution in [1.29, 1.82) is 0 Å². The summed E-state index contributed by atoms with van der Waals surface area (Å²) < 4.78 is 0. The number of hydrogen-bond acceptors (Lipinski definition) is 4. The molecule has 3 nitrogen and oxygen atoms in total. The predicted molar refractivity (Wildman–Crippen MR) is 56.8 cm³/mol. The summed E-state index contributed by atoms with van der Waals surface area (Å²) in [6.45, 7) is 4.11. The van der Waals surface area contributed by atoms with Gasteiger partial charge in [-0.2, -0.15) is 0 Å². The van der Waals surface area contributed by atoms with Crippen LogP contribution in [0.15, 0.2) is 11.2 Å². The number of aryl methyl sites for hydroxylation is 1. The summed E-state index contributed by atoms with van der Waals surface area (Å²) in [4.78, 5) is 8.41. The van der Waals surface area contributed by atoms with Crippen LogP contribution in [-0.2, 0) is 0 Å². The highest BCUT2D eigenvalue weighted by Gasteiger charge is 1.99. The summed E-state index contributed by atoms with van der Waals surface area (Å²) in [5.41, 5.74) is 6.54. The van der Waals surface area contributed by atoms with E-state index in [1.54, 1.807) is 17.8 Å². The van der Waals surface area contributed by atoms with Crippen LogP contribution < -0.4 is 5.73 Å². The van der Waals surface area contributed by atoms with E-state index in [0.717, 1.165) is 16.6 Å². The zero-order valence-electron chi connectivity index (χ0n) is 8.08. The molecule has 1 rings (SSSR count). The van der Waals surface area contributed by atoms with E-state index >= 15 is 0 Å². The normalized spacial score (nSPS) is 10.3. The smallest absolute Gasteiger partial charge is 0.189 e. The van der Waals surface area contributed by atoms with Crippen molar-refractivity contribution in [1.82, 2.24) is 9.97 Å². The van der Waals surface area contributed by atoms with Crippen molar-refractivity contribution in [2.24, 2.45) is 0 Å². The molecule has 2 N–H and O–H groups in total. The summed E-state index contributed by atoms with van der Waals surface area (Å²) in [7, 11) is 0. The Kier molecular flexibility index (Phi) is 4.02. The number of hydrogen-bond donors (Lipinski definition) is 1. The fourth-order valence-electron chi connectivity index (χ4n) is 0.937. The topological polar surface area (TPSA) is 51.8 Å². The first-order valence-electron chi connectivity index (χ1n) is 4.46. The van der Waals surface area contributed by atoms with Crippen LogP contribution in [0.2, 0.25) is 0 Å². The van der Waals surface area contributed by atoms with E-state index in [1.807, 2.05) is 6.92 Å². The SMILES string of the molecule is CCCCSc1nc(C)cc(N)n1. The molecule has 0 saturated carbocycles. The van der Waals surface area contributed by atoms with Gasteiger partial charge in [0.1, 0.15) is 5.82 Å². The number of anilines is 1. The van der Waals surface area contributed by atoms with Gasteiger partial charge in [-0.15, -0.1) is 0 Å². The standard InChI is InChI=1S/C9H15N3S/c1-3-4-5-13-9-11-7(2)6-8(10)12-9/h6H,3-5H2,1-2H3,(H2,10,11,12). The first kappa shape index (κ1) is 10.3. The van der Waals surface area contributed by atoms with Gasteiger partial charge >= 0.3 is 0 Å². The van der Waals surface area contributed by atoms with Crippen molar-refractivity contribution >= 4 is 17.6 Å². The van der Waals surface area contributed by atoms with Gasteiger partial charge < -0.3 is 5.73 Å². The van der Waals surface area contributed by atoms with E-state index in [4.69, 9.17) is 5.73 Å². The molecule has 4 heteroatoms. The van der Waals surface area contributed by atoms with Crippen molar-refractivity contribution in [3.05, 3.63) is 11.8 Å². The number of nitrogen functional groups attached to an aromatic ring is 1. The Morgan fingerprint density at radius 3 is 2.85 bits per heavy atom. The first-order chi connectivity index (χ1) is 6.22. The number of aromatic nitrogens is 2. The van der Waals surface area contributed by atoms with Gasteiger partial charge in [0.25, 0.3) is 0 Å². The molecular formula is C9H15N3S. The van der Waals surface area contributed by atoms with E-state index in [1.165, 1.54) is 12.8 Å². The molecule has 0 saturated heterocycles. The molecule has 0 spiro atoms. The van der Waals surface area contributed by atoms with Crippen LogP contribution in [0.3, 0.4) is 0 Å². The summed E-state index contributed by atoms with van der Waals surface area (Å²) in [6, 6.07) is 1.78.